The van der Waals surface area contributed by atoms with E-state index in [9.17, 15) is 14.7 Å². The molecule has 178 valence electrons. The zero-order valence-electron chi connectivity index (χ0n) is 19.2. The topological polar surface area (TPSA) is 122 Å². The van der Waals surface area contributed by atoms with Gasteiger partial charge in [-0.2, -0.15) is 0 Å². The zero-order valence-corrected chi connectivity index (χ0v) is 19.2. The van der Waals surface area contributed by atoms with E-state index in [2.05, 4.69) is 10.3 Å². The van der Waals surface area contributed by atoms with Crippen LogP contribution in [-0.4, -0.2) is 33.2 Å². The van der Waals surface area contributed by atoms with Crippen molar-refractivity contribution in [3.8, 4) is 17.2 Å². The Balaban J connectivity index is 1.84. The van der Waals surface area contributed by atoms with Gasteiger partial charge in [-0.05, 0) is 54.1 Å². The van der Waals surface area contributed by atoms with Gasteiger partial charge in [0.1, 0.15) is 28.4 Å². The van der Waals surface area contributed by atoms with E-state index in [-0.39, 0.29) is 16.7 Å². The van der Waals surface area contributed by atoms with E-state index in [0.717, 1.165) is 0 Å². The predicted molar refractivity (Wildman–Crippen MR) is 126 cm³/mol. The molecule has 4 aromatic rings. The van der Waals surface area contributed by atoms with Gasteiger partial charge >= 0.3 is 0 Å². The lowest BCUT2D eigenvalue weighted by Crippen LogP contribution is -2.22. The Kier molecular flexibility index (Phi) is 6.68. The Morgan fingerprint density at radius 3 is 2.20 bits per heavy atom. The second kappa shape index (κ2) is 10.0. The van der Waals surface area contributed by atoms with Gasteiger partial charge in [0.2, 0.25) is 5.55 Å². The second-order valence-corrected chi connectivity index (χ2v) is 7.34. The van der Waals surface area contributed by atoms with Gasteiger partial charge in [0.25, 0.3) is 5.91 Å². The highest BCUT2D eigenvalue weighted by Gasteiger charge is 2.16. The molecule has 0 aliphatic heterocycles. The molecule has 35 heavy (non-hydrogen) atoms. The summed E-state index contributed by atoms with van der Waals surface area (Å²) in [6, 6.07) is 17.5. The second-order valence-electron chi connectivity index (χ2n) is 7.34. The minimum atomic E-state index is -1.30. The van der Waals surface area contributed by atoms with E-state index in [4.69, 9.17) is 18.6 Å². The zero-order chi connectivity index (χ0) is 24.9. The van der Waals surface area contributed by atoms with Gasteiger partial charge < -0.3 is 33.8 Å². The number of nitrogens with zero attached hydrogens (tertiary/aromatic N) is 1. The number of rotatable bonds is 7. The van der Waals surface area contributed by atoms with Crippen molar-refractivity contribution >= 4 is 34.2 Å². The normalized spacial score (nSPS) is 11.2. The molecule has 0 fully saturated rings. The highest BCUT2D eigenvalue weighted by Crippen LogP contribution is 2.29. The van der Waals surface area contributed by atoms with Crippen molar-refractivity contribution in [2.24, 2.45) is 4.99 Å². The summed E-state index contributed by atoms with van der Waals surface area (Å²) < 4.78 is 21.8. The highest BCUT2D eigenvalue weighted by molar-refractivity contribution is 6.06. The van der Waals surface area contributed by atoms with Crippen LogP contribution in [0.2, 0.25) is 0 Å². The van der Waals surface area contributed by atoms with Gasteiger partial charge in [-0.15, -0.1) is 0 Å². The number of hydrogen-bond donors (Lipinski definition) is 1. The molecular formula is C26H21N2O7-. The van der Waals surface area contributed by atoms with Crippen molar-refractivity contribution in [3.05, 3.63) is 83.4 Å². The highest BCUT2D eigenvalue weighted by atomic mass is 16.5. The fourth-order valence-corrected chi connectivity index (χ4v) is 3.37. The van der Waals surface area contributed by atoms with E-state index in [1.165, 1.54) is 38.5 Å². The van der Waals surface area contributed by atoms with Crippen LogP contribution in [0.25, 0.3) is 11.0 Å². The third-order valence-corrected chi connectivity index (χ3v) is 5.19. The SMILES string of the molecule is COc1ccc(OC)c(NC(=O)c2cc3cc(OC)ccc3oc2=Nc2ccc(C(=O)[O-])cc2)c1. The lowest BCUT2D eigenvalue weighted by atomic mass is 10.1. The standard InChI is InChI=1S/C26H22N2O7/c1-32-18-8-10-22-16(12-18)13-20(24(29)28-21-14-19(33-2)9-11-23(21)34-3)25(35-22)27-17-6-4-15(5-7-17)26(30)31/h4-14H,1-3H3,(H,28,29)(H,30,31)/p-1. The van der Waals surface area contributed by atoms with Crippen LogP contribution in [0.4, 0.5) is 11.4 Å². The van der Waals surface area contributed by atoms with Gasteiger partial charge in [-0.1, -0.05) is 12.1 Å². The lowest BCUT2D eigenvalue weighted by Gasteiger charge is -2.12. The minimum Gasteiger partial charge on any atom is -0.545 e. The Bertz CT molecular complexity index is 1470. The number of fused-ring (bicyclic) bond motifs is 1. The maximum Gasteiger partial charge on any atom is 0.261 e. The van der Waals surface area contributed by atoms with Crippen LogP contribution in [0.3, 0.4) is 0 Å². The molecule has 1 heterocycles. The Morgan fingerprint density at radius 1 is 0.857 bits per heavy atom. The number of aromatic carboxylic acids is 1. The van der Waals surface area contributed by atoms with Crippen LogP contribution in [0.1, 0.15) is 20.7 Å². The summed E-state index contributed by atoms with van der Waals surface area (Å²) in [5.74, 6) is -0.235. The number of ether oxygens (including phenoxy) is 3. The fraction of sp³-hybridized carbons (Fsp3) is 0.115. The number of anilines is 1. The Morgan fingerprint density at radius 2 is 1.54 bits per heavy atom. The van der Waals surface area contributed by atoms with Crippen molar-refractivity contribution in [2.45, 2.75) is 0 Å². The maximum absolute atomic E-state index is 13.4. The van der Waals surface area contributed by atoms with E-state index in [1.54, 1.807) is 49.6 Å². The molecule has 1 aromatic heterocycles. The number of carbonyl (C=O) groups excluding carboxylic acids is 2. The summed E-state index contributed by atoms with van der Waals surface area (Å²) >= 11 is 0. The predicted octanol–water partition coefficient (Wildman–Crippen LogP) is 3.31. The molecule has 0 saturated carbocycles. The summed E-state index contributed by atoms with van der Waals surface area (Å²) in [5.41, 5.74) is 1.44. The molecular weight excluding hydrogens is 452 g/mol. The van der Waals surface area contributed by atoms with Gasteiger partial charge in [-0.3, -0.25) is 4.79 Å². The number of amides is 1. The van der Waals surface area contributed by atoms with E-state index < -0.39 is 11.9 Å². The summed E-state index contributed by atoms with van der Waals surface area (Å²) in [4.78, 5) is 28.9. The summed E-state index contributed by atoms with van der Waals surface area (Å²) in [5, 5.41) is 14.5. The number of carboxylic acid groups (broad SMARTS) is 1. The first kappa shape index (κ1) is 23.4. The van der Waals surface area contributed by atoms with Crippen molar-refractivity contribution in [3.63, 3.8) is 0 Å². The van der Waals surface area contributed by atoms with Crippen molar-refractivity contribution in [2.75, 3.05) is 26.6 Å². The molecule has 9 nitrogen and oxygen atoms in total. The summed E-state index contributed by atoms with van der Waals surface area (Å²) in [6.07, 6.45) is 0. The first-order valence-electron chi connectivity index (χ1n) is 10.4. The molecule has 1 N–H and O–H groups in total. The van der Waals surface area contributed by atoms with Gasteiger partial charge in [0.15, 0.2) is 0 Å². The van der Waals surface area contributed by atoms with Crippen LogP contribution >= 0.6 is 0 Å². The van der Waals surface area contributed by atoms with Crippen molar-refractivity contribution in [1.82, 2.24) is 0 Å². The van der Waals surface area contributed by atoms with E-state index in [1.807, 2.05) is 0 Å². The lowest BCUT2D eigenvalue weighted by molar-refractivity contribution is -0.255. The average Bonchev–Trinajstić information content (AvgIpc) is 2.88. The molecule has 0 bridgehead atoms. The van der Waals surface area contributed by atoms with Crippen LogP contribution in [0.15, 0.2) is 76.1 Å². The minimum absolute atomic E-state index is 0.00887. The molecule has 0 aliphatic carbocycles. The molecule has 0 unspecified atom stereocenters. The average molecular weight is 473 g/mol. The monoisotopic (exact) mass is 473 g/mol. The van der Waals surface area contributed by atoms with Crippen molar-refractivity contribution < 1.29 is 33.3 Å². The summed E-state index contributed by atoms with van der Waals surface area (Å²) in [7, 11) is 4.55. The fourth-order valence-electron chi connectivity index (χ4n) is 3.37. The third-order valence-electron chi connectivity index (χ3n) is 5.19. The first-order chi connectivity index (χ1) is 16.9. The van der Waals surface area contributed by atoms with Gasteiger partial charge in [-0.25, -0.2) is 4.99 Å². The number of carboxylic acids is 1. The Hall–Kier alpha value is -4.79. The smallest absolute Gasteiger partial charge is 0.261 e. The van der Waals surface area contributed by atoms with E-state index in [0.29, 0.717) is 39.6 Å². The molecule has 4 rings (SSSR count). The Labute approximate surface area is 200 Å². The van der Waals surface area contributed by atoms with Crippen LogP contribution < -0.4 is 30.2 Å². The van der Waals surface area contributed by atoms with Crippen LogP contribution in [0, 0.1) is 0 Å². The number of nitrogens with one attached hydrogen (secondary N) is 1. The van der Waals surface area contributed by atoms with E-state index >= 15 is 0 Å². The molecule has 1 amide bonds. The molecule has 0 aliphatic rings. The van der Waals surface area contributed by atoms with Crippen LogP contribution in [0.5, 0.6) is 17.2 Å². The van der Waals surface area contributed by atoms with Crippen molar-refractivity contribution in [1.29, 1.82) is 0 Å². The number of carbonyl (C=O) groups is 2. The molecule has 0 saturated heterocycles. The van der Waals surface area contributed by atoms with Crippen LogP contribution in [-0.2, 0) is 0 Å². The summed E-state index contributed by atoms with van der Waals surface area (Å²) in [6.45, 7) is 0. The van der Waals surface area contributed by atoms with Gasteiger partial charge in [0, 0.05) is 11.5 Å². The molecule has 9 heteroatoms. The number of methoxy groups -OCH3 is 3. The third kappa shape index (κ3) is 5.09. The quantitative estimate of drug-likeness (QED) is 0.437. The molecule has 3 aromatic carbocycles. The maximum atomic E-state index is 13.4. The molecule has 0 radical (unpaired) electrons. The number of benzene rings is 3. The first-order valence-corrected chi connectivity index (χ1v) is 10.4. The van der Waals surface area contributed by atoms with Gasteiger partial charge in [0.05, 0.1) is 38.7 Å². The number of hydrogen-bond acceptors (Lipinski definition) is 8. The largest absolute Gasteiger partial charge is 0.545 e. The molecule has 0 atom stereocenters. The molecule has 0 spiro atoms.